The maximum Gasteiger partial charge on any atom is 0.134 e. The molecule has 0 amide bonds. The standard InChI is InChI=1S/C14H14ClN5/c1-20-9-18-19-14(20)5-7-16-12-4-6-17-13-8-10(15)2-3-11(12)13/h2-4,6,8-9H,5,7H2,1H3,(H,16,17). The quantitative estimate of drug-likeness (QED) is 0.801. The van der Waals surface area contributed by atoms with Gasteiger partial charge in [0.2, 0.25) is 0 Å². The number of benzene rings is 1. The monoisotopic (exact) mass is 287 g/mol. The lowest BCUT2D eigenvalue weighted by atomic mass is 10.2. The molecule has 0 spiro atoms. The number of nitrogens with one attached hydrogen (secondary N) is 1. The fraction of sp³-hybridized carbons (Fsp3) is 0.214. The Labute approximate surface area is 121 Å². The molecule has 1 aromatic carbocycles. The molecule has 3 aromatic rings. The third-order valence-corrected chi connectivity index (χ3v) is 3.41. The molecule has 0 fully saturated rings. The summed E-state index contributed by atoms with van der Waals surface area (Å²) in [5.74, 6) is 0.957. The number of halogens is 1. The highest BCUT2D eigenvalue weighted by Crippen LogP contribution is 2.24. The zero-order valence-corrected chi connectivity index (χ0v) is 11.8. The fourth-order valence-electron chi connectivity index (χ4n) is 2.12. The van der Waals surface area contributed by atoms with Gasteiger partial charge in [-0.2, -0.15) is 0 Å². The highest BCUT2D eigenvalue weighted by molar-refractivity contribution is 6.31. The van der Waals surface area contributed by atoms with Crippen LogP contribution in [0.4, 0.5) is 5.69 Å². The van der Waals surface area contributed by atoms with Gasteiger partial charge < -0.3 is 9.88 Å². The van der Waals surface area contributed by atoms with Crippen molar-refractivity contribution in [2.45, 2.75) is 6.42 Å². The van der Waals surface area contributed by atoms with Crippen molar-refractivity contribution in [2.75, 3.05) is 11.9 Å². The molecule has 0 atom stereocenters. The highest BCUT2D eigenvalue weighted by atomic mass is 35.5. The van der Waals surface area contributed by atoms with Crippen LogP contribution in [0.25, 0.3) is 10.9 Å². The van der Waals surface area contributed by atoms with Crippen LogP contribution in [0.2, 0.25) is 5.02 Å². The maximum atomic E-state index is 5.98. The van der Waals surface area contributed by atoms with Crippen molar-refractivity contribution in [1.82, 2.24) is 19.7 Å². The Hall–Kier alpha value is -2.14. The second kappa shape index (κ2) is 5.46. The Bertz CT molecular complexity index is 737. The molecule has 2 heterocycles. The van der Waals surface area contributed by atoms with Crippen molar-refractivity contribution in [3.63, 3.8) is 0 Å². The largest absolute Gasteiger partial charge is 0.384 e. The zero-order chi connectivity index (χ0) is 13.9. The molecule has 20 heavy (non-hydrogen) atoms. The normalized spacial score (nSPS) is 10.9. The Morgan fingerprint density at radius 1 is 1.30 bits per heavy atom. The molecule has 1 N–H and O–H groups in total. The summed E-state index contributed by atoms with van der Waals surface area (Å²) in [4.78, 5) is 4.32. The molecule has 2 aromatic heterocycles. The molecule has 0 aliphatic carbocycles. The van der Waals surface area contributed by atoms with E-state index in [4.69, 9.17) is 11.6 Å². The van der Waals surface area contributed by atoms with E-state index < -0.39 is 0 Å². The molecule has 3 rings (SSSR count). The predicted octanol–water partition coefficient (Wildman–Crippen LogP) is 2.67. The van der Waals surface area contributed by atoms with E-state index in [0.717, 1.165) is 35.4 Å². The first-order valence-electron chi connectivity index (χ1n) is 6.35. The summed E-state index contributed by atoms with van der Waals surface area (Å²) in [6.07, 6.45) is 4.30. The van der Waals surface area contributed by atoms with Gasteiger partial charge in [-0.1, -0.05) is 11.6 Å². The number of pyridine rings is 1. The lowest BCUT2D eigenvalue weighted by Gasteiger charge is -2.09. The molecule has 0 radical (unpaired) electrons. The Morgan fingerprint density at radius 3 is 3.00 bits per heavy atom. The van der Waals surface area contributed by atoms with Gasteiger partial charge in [0.15, 0.2) is 0 Å². The summed E-state index contributed by atoms with van der Waals surface area (Å²) in [7, 11) is 1.94. The van der Waals surface area contributed by atoms with Crippen molar-refractivity contribution in [3.8, 4) is 0 Å². The van der Waals surface area contributed by atoms with E-state index >= 15 is 0 Å². The van der Waals surface area contributed by atoms with Gasteiger partial charge in [-0.3, -0.25) is 4.98 Å². The summed E-state index contributed by atoms with van der Waals surface area (Å²) in [5, 5.41) is 13.1. The number of hydrogen-bond donors (Lipinski definition) is 1. The van der Waals surface area contributed by atoms with Gasteiger partial charge in [-0.15, -0.1) is 10.2 Å². The lowest BCUT2D eigenvalue weighted by Crippen LogP contribution is -2.09. The van der Waals surface area contributed by atoms with Gasteiger partial charge in [-0.05, 0) is 24.3 Å². The first-order valence-corrected chi connectivity index (χ1v) is 6.73. The number of hydrogen-bond acceptors (Lipinski definition) is 4. The second-order valence-electron chi connectivity index (χ2n) is 4.55. The minimum absolute atomic E-state index is 0.696. The number of rotatable bonds is 4. The first-order chi connectivity index (χ1) is 9.74. The Balaban J connectivity index is 1.76. The van der Waals surface area contributed by atoms with Gasteiger partial charge >= 0.3 is 0 Å². The average Bonchev–Trinajstić information content (AvgIpc) is 2.84. The smallest absolute Gasteiger partial charge is 0.134 e. The topological polar surface area (TPSA) is 55.6 Å². The summed E-state index contributed by atoms with van der Waals surface area (Å²) in [6.45, 7) is 0.786. The van der Waals surface area contributed by atoms with E-state index in [9.17, 15) is 0 Å². The third-order valence-electron chi connectivity index (χ3n) is 3.17. The van der Waals surface area contributed by atoms with Crippen LogP contribution in [-0.4, -0.2) is 26.3 Å². The van der Waals surface area contributed by atoms with Crippen LogP contribution in [0, 0.1) is 0 Å². The Morgan fingerprint density at radius 2 is 2.20 bits per heavy atom. The Kier molecular flexibility index (Phi) is 3.52. The van der Waals surface area contributed by atoms with Gasteiger partial charge in [0.1, 0.15) is 12.2 Å². The number of nitrogens with zero attached hydrogens (tertiary/aromatic N) is 4. The minimum Gasteiger partial charge on any atom is -0.384 e. The van der Waals surface area contributed by atoms with E-state index in [-0.39, 0.29) is 0 Å². The molecule has 0 bridgehead atoms. The van der Waals surface area contributed by atoms with Crippen molar-refractivity contribution in [1.29, 1.82) is 0 Å². The average molecular weight is 288 g/mol. The maximum absolute atomic E-state index is 5.98. The second-order valence-corrected chi connectivity index (χ2v) is 4.99. The van der Waals surface area contributed by atoms with Crippen molar-refractivity contribution >= 4 is 28.2 Å². The minimum atomic E-state index is 0.696. The molecule has 0 aliphatic rings. The summed E-state index contributed by atoms with van der Waals surface area (Å²) in [6, 6.07) is 7.69. The molecule has 0 saturated carbocycles. The predicted molar refractivity (Wildman–Crippen MR) is 79.9 cm³/mol. The molecule has 0 aliphatic heterocycles. The van der Waals surface area contributed by atoms with Crippen molar-refractivity contribution in [3.05, 3.63) is 47.6 Å². The third kappa shape index (κ3) is 2.58. The van der Waals surface area contributed by atoms with Crippen molar-refractivity contribution < 1.29 is 0 Å². The molecule has 6 heteroatoms. The van der Waals surface area contributed by atoms with E-state index in [1.165, 1.54) is 0 Å². The van der Waals surface area contributed by atoms with E-state index in [0.29, 0.717) is 5.02 Å². The summed E-state index contributed by atoms with van der Waals surface area (Å²) in [5.41, 5.74) is 1.94. The van der Waals surface area contributed by atoms with Gasteiger partial charge in [-0.25, -0.2) is 0 Å². The number of aryl methyl sites for hydroxylation is 1. The van der Waals surface area contributed by atoms with Crippen LogP contribution >= 0.6 is 11.6 Å². The van der Waals surface area contributed by atoms with Crippen LogP contribution in [0.3, 0.4) is 0 Å². The summed E-state index contributed by atoms with van der Waals surface area (Å²) < 4.78 is 1.92. The zero-order valence-electron chi connectivity index (χ0n) is 11.0. The lowest BCUT2D eigenvalue weighted by molar-refractivity contribution is 0.789. The summed E-state index contributed by atoms with van der Waals surface area (Å²) >= 11 is 5.98. The van der Waals surface area contributed by atoms with Crippen LogP contribution in [0.15, 0.2) is 36.8 Å². The molecule has 102 valence electrons. The molecule has 0 unspecified atom stereocenters. The van der Waals surface area contributed by atoms with Crippen LogP contribution in [-0.2, 0) is 13.5 Å². The number of anilines is 1. The van der Waals surface area contributed by atoms with E-state index in [2.05, 4.69) is 20.5 Å². The number of fused-ring (bicyclic) bond motifs is 1. The molecular formula is C14H14ClN5. The highest BCUT2D eigenvalue weighted by Gasteiger charge is 2.04. The molecule has 5 nitrogen and oxygen atoms in total. The molecule has 0 saturated heterocycles. The van der Waals surface area contributed by atoms with Gasteiger partial charge in [0.25, 0.3) is 0 Å². The van der Waals surface area contributed by atoms with Crippen LogP contribution < -0.4 is 5.32 Å². The van der Waals surface area contributed by atoms with Gasteiger partial charge in [0.05, 0.1) is 5.52 Å². The molecular weight excluding hydrogens is 274 g/mol. The SMILES string of the molecule is Cn1cnnc1CCNc1ccnc2cc(Cl)ccc12. The van der Waals surface area contributed by atoms with E-state index in [1.807, 2.05) is 35.9 Å². The first kappa shape index (κ1) is 12.9. The van der Waals surface area contributed by atoms with Crippen LogP contribution in [0.1, 0.15) is 5.82 Å². The van der Waals surface area contributed by atoms with Crippen LogP contribution in [0.5, 0.6) is 0 Å². The fourth-order valence-corrected chi connectivity index (χ4v) is 2.28. The van der Waals surface area contributed by atoms with Gasteiger partial charge in [0, 0.05) is 42.3 Å². The number of aromatic nitrogens is 4. The van der Waals surface area contributed by atoms with E-state index in [1.54, 1.807) is 12.5 Å². The van der Waals surface area contributed by atoms with Crippen molar-refractivity contribution in [2.24, 2.45) is 7.05 Å².